The molecule has 0 aliphatic carbocycles. The SMILES string of the molecule is CCN(C(=O)c1ccccc1)[C@@H](C)c1ccccc1. The molecule has 1 amide bonds. The molecule has 0 aliphatic heterocycles. The number of hydrogen-bond donors (Lipinski definition) is 0. The molecular formula is C17H19NO. The van der Waals surface area contributed by atoms with E-state index in [-0.39, 0.29) is 11.9 Å². The second-order valence-corrected chi connectivity index (χ2v) is 4.54. The van der Waals surface area contributed by atoms with Crippen molar-refractivity contribution >= 4 is 5.91 Å². The van der Waals surface area contributed by atoms with Gasteiger partial charge in [-0.25, -0.2) is 0 Å². The predicted molar refractivity (Wildman–Crippen MR) is 78.0 cm³/mol. The van der Waals surface area contributed by atoms with Crippen LogP contribution in [0.2, 0.25) is 0 Å². The predicted octanol–water partition coefficient (Wildman–Crippen LogP) is 3.91. The molecular weight excluding hydrogens is 234 g/mol. The van der Waals surface area contributed by atoms with Crippen molar-refractivity contribution in [3.63, 3.8) is 0 Å². The fourth-order valence-electron chi connectivity index (χ4n) is 2.25. The summed E-state index contributed by atoms with van der Waals surface area (Å²) in [4.78, 5) is 14.4. The van der Waals surface area contributed by atoms with Crippen molar-refractivity contribution in [3.8, 4) is 0 Å². The summed E-state index contributed by atoms with van der Waals surface area (Å²) in [5, 5.41) is 0. The van der Waals surface area contributed by atoms with Crippen LogP contribution in [0.3, 0.4) is 0 Å². The lowest BCUT2D eigenvalue weighted by Gasteiger charge is -2.28. The summed E-state index contributed by atoms with van der Waals surface area (Å²) in [6.07, 6.45) is 0. The Bertz CT molecular complexity index is 521. The van der Waals surface area contributed by atoms with Crippen molar-refractivity contribution in [2.24, 2.45) is 0 Å². The van der Waals surface area contributed by atoms with E-state index in [4.69, 9.17) is 0 Å². The van der Waals surface area contributed by atoms with Crippen molar-refractivity contribution in [2.75, 3.05) is 6.54 Å². The van der Waals surface area contributed by atoms with Crippen LogP contribution in [0.15, 0.2) is 60.7 Å². The maximum absolute atomic E-state index is 12.5. The van der Waals surface area contributed by atoms with Crippen LogP contribution in [0, 0.1) is 0 Å². The molecule has 0 unspecified atom stereocenters. The first-order chi connectivity index (χ1) is 9.24. The Morgan fingerprint density at radius 3 is 2.05 bits per heavy atom. The summed E-state index contributed by atoms with van der Waals surface area (Å²) in [5.41, 5.74) is 1.90. The first-order valence-corrected chi connectivity index (χ1v) is 6.65. The van der Waals surface area contributed by atoms with Crippen LogP contribution in [-0.4, -0.2) is 17.4 Å². The Hall–Kier alpha value is -2.09. The smallest absolute Gasteiger partial charge is 0.254 e. The van der Waals surface area contributed by atoms with Crippen LogP contribution in [0.25, 0.3) is 0 Å². The second kappa shape index (κ2) is 6.19. The van der Waals surface area contributed by atoms with Gasteiger partial charge in [0.15, 0.2) is 0 Å². The lowest BCUT2D eigenvalue weighted by molar-refractivity contribution is 0.0702. The van der Waals surface area contributed by atoms with Crippen molar-refractivity contribution in [1.29, 1.82) is 0 Å². The average Bonchev–Trinajstić information content (AvgIpc) is 2.49. The topological polar surface area (TPSA) is 20.3 Å². The van der Waals surface area contributed by atoms with E-state index in [2.05, 4.69) is 19.1 Å². The highest BCUT2D eigenvalue weighted by Gasteiger charge is 2.20. The third-order valence-electron chi connectivity index (χ3n) is 3.37. The quantitative estimate of drug-likeness (QED) is 0.809. The summed E-state index contributed by atoms with van der Waals surface area (Å²) in [5.74, 6) is 0.0828. The Kier molecular flexibility index (Phi) is 4.35. The van der Waals surface area contributed by atoms with E-state index in [1.54, 1.807) is 0 Å². The molecule has 98 valence electrons. The third kappa shape index (κ3) is 3.02. The number of carbonyl (C=O) groups is 1. The van der Waals surface area contributed by atoms with Crippen molar-refractivity contribution in [1.82, 2.24) is 4.90 Å². The van der Waals surface area contributed by atoms with Gasteiger partial charge in [0.1, 0.15) is 0 Å². The number of amides is 1. The molecule has 2 aromatic carbocycles. The lowest BCUT2D eigenvalue weighted by atomic mass is 10.1. The zero-order chi connectivity index (χ0) is 13.7. The monoisotopic (exact) mass is 253 g/mol. The molecule has 0 radical (unpaired) electrons. The number of rotatable bonds is 4. The molecule has 0 spiro atoms. The zero-order valence-electron chi connectivity index (χ0n) is 11.4. The number of carbonyl (C=O) groups excluding carboxylic acids is 1. The molecule has 2 aromatic rings. The highest BCUT2D eigenvalue weighted by molar-refractivity contribution is 5.94. The van der Waals surface area contributed by atoms with E-state index in [1.807, 2.05) is 60.4 Å². The number of hydrogen-bond acceptors (Lipinski definition) is 1. The van der Waals surface area contributed by atoms with E-state index >= 15 is 0 Å². The van der Waals surface area contributed by atoms with E-state index in [1.165, 1.54) is 0 Å². The summed E-state index contributed by atoms with van der Waals surface area (Å²) < 4.78 is 0. The Morgan fingerprint density at radius 2 is 1.53 bits per heavy atom. The molecule has 0 saturated heterocycles. The van der Waals surface area contributed by atoms with Gasteiger partial charge in [-0.1, -0.05) is 48.5 Å². The Labute approximate surface area is 114 Å². The van der Waals surface area contributed by atoms with Crippen LogP contribution >= 0.6 is 0 Å². The summed E-state index contributed by atoms with van der Waals surface area (Å²) in [7, 11) is 0. The molecule has 19 heavy (non-hydrogen) atoms. The van der Waals surface area contributed by atoms with E-state index < -0.39 is 0 Å². The number of nitrogens with zero attached hydrogens (tertiary/aromatic N) is 1. The van der Waals surface area contributed by atoms with Gasteiger partial charge in [-0.05, 0) is 31.5 Å². The highest BCUT2D eigenvalue weighted by Crippen LogP contribution is 2.21. The maximum Gasteiger partial charge on any atom is 0.254 e. The average molecular weight is 253 g/mol. The molecule has 2 nitrogen and oxygen atoms in total. The van der Waals surface area contributed by atoms with Gasteiger partial charge in [0, 0.05) is 12.1 Å². The van der Waals surface area contributed by atoms with Crippen LogP contribution < -0.4 is 0 Å². The first kappa shape index (κ1) is 13.3. The molecule has 0 saturated carbocycles. The second-order valence-electron chi connectivity index (χ2n) is 4.54. The Balaban J connectivity index is 2.23. The largest absolute Gasteiger partial charge is 0.332 e. The van der Waals surface area contributed by atoms with Gasteiger partial charge in [0.2, 0.25) is 0 Å². The van der Waals surface area contributed by atoms with E-state index in [0.29, 0.717) is 6.54 Å². The molecule has 1 atom stereocenters. The van der Waals surface area contributed by atoms with E-state index in [0.717, 1.165) is 11.1 Å². The Morgan fingerprint density at radius 1 is 1.00 bits per heavy atom. The normalized spacial score (nSPS) is 11.9. The molecule has 0 aliphatic rings. The minimum atomic E-state index is 0.0823. The minimum Gasteiger partial charge on any atom is -0.332 e. The van der Waals surface area contributed by atoms with Gasteiger partial charge in [-0.2, -0.15) is 0 Å². The number of benzene rings is 2. The molecule has 0 fully saturated rings. The van der Waals surface area contributed by atoms with E-state index in [9.17, 15) is 4.79 Å². The van der Waals surface area contributed by atoms with Crippen LogP contribution in [0.1, 0.15) is 35.8 Å². The van der Waals surface area contributed by atoms with Gasteiger partial charge in [-0.3, -0.25) is 4.79 Å². The lowest BCUT2D eigenvalue weighted by Crippen LogP contribution is -2.33. The standard InChI is InChI=1S/C17H19NO/c1-3-18(14(2)15-10-6-4-7-11-15)17(19)16-12-8-5-9-13-16/h4-14H,3H2,1-2H3/t14-/m0/s1. The highest BCUT2D eigenvalue weighted by atomic mass is 16.2. The fraction of sp³-hybridized carbons (Fsp3) is 0.235. The summed E-state index contributed by atoms with van der Waals surface area (Å²) in [6, 6.07) is 19.7. The fourth-order valence-corrected chi connectivity index (χ4v) is 2.25. The summed E-state index contributed by atoms with van der Waals surface area (Å²) in [6.45, 7) is 4.78. The third-order valence-corrected chi connectivity index (χ3v) is 3.37. The van der Waals surface area contributed by atoms with Crippen LogP contribution in [0.5, 0.6) is 0 Å². The van der Waals surface area contributed by atoms with Gasteiger partial charge < -0.3 is 4.90 Å². The molecule has 0 aromatic heterocycles. The van der Waals surface area contributed by atoms with Crippen LogP contribution in [-0.2, 0) is 0 Å². The molecule has 0 heterocycles. The first-order valence-electron chi connectivity index (χ1n) is 6.65. The van der Waals surface area contributed by atoms with Crippen molar-refractivity contribution in [3.05, 3.63) is 71.8 Å². The van der Waals surface area contributed by atoms with Crippen molar-refractivity contribution in [2.45, 2.75) is 19.9 Å². The molecule has 0 N–H and O–H groups in total. The summed E-state index contributed by atoms with van der Waals surface area (Å²) >= 11 is 0. The van der Waals surface area contributed by atoms with Gasteiger partial charge >= 0.3 is 0 Å². The van der Waals surface area contributed by atoms with Crippen molar-refractivity contribution < 1.29 is 4.79 Å². The molecule has 2 heteroatoms. The molecule has 2 rings (SSSR count). The minimum absolute atomic E-state index is 0.0823. The van der Waals surface area contributed by atoms with Gasteiger partial charge in [0.25, 0.3) is 5.91 Å². The zero-order valence-corrected chi connectivity index (χ0v) is 11.4. The van der Waals surface area contributed by atoms with Gasteiger partial charge in [0.05, 0.1) is 6.04 Å². The maximum atomic E-state index is 12.5. The van der Waals surface area contributed by atoms with Gasteiger partial charge in [-0.15, -0.1) is 0 Å². The molecule has 0 bridgehead atoms. The van der Waals surface area contributed by atoms with Crippen LogP contribution in [0.4, 0.5) is 0 Å².